The van der Waals surface area contributed by atoms with Crippen LogP contribution in [0.1, 0.15) is 0 Å². The van der Waals surface area contributed by atoms with Gasteiger partial charge in [0, 0.05) is 20.3 Å². The first-order valence-corrected chi connectivity index (χ1v) is 7.52. The van der Waals surface area contributed by atoms with Crippen LogP contribution in [0, 0.1) is 0 Å². The molecule has 1 aromatic carbocycles. The van der Waals surface area contributed by atoms with Gasteiger partial charge in [0.2, 0.25) is 0 Å². The second-order valence-corrected chi connectivity index (χ2v) is 6.11. The molecule has 0 radical (unpaired) electrons. The predicted octanol–water partition coefficient (Wildman–Crippen LogP) is -1.38. The number of halogens is 1. The van der Waals surface area contributed by atoms with Gasteiger partial charge < -0.3 is 17.0 Å². The molecule has 23 heavy (non-hydrogen) atoms. The average molecular weight is 392 g/mol. The summed E-state index contributed by atoms with van der Waals surface area (Å²) in [5.41, 5.74) is 1.21. The molecule has 0 saturated heterocycles. The summed E-state index contributed by atoms with van der Waals surface area (Å²) in [6.45, 7) is 0. The van der Waals surface area contributed by atoms with Crippen molar-refractivity contribution in [2.75, 3.05) is 0 Å². The molecule has 0 fully saturated rings. The Kier molecular flexibility index (Phi) is 3.73. The highest BCUT2D eigenvalue weighted by Gasteiger charge is 2.17. The van der Waals surface area contributed by atoms with Crippen LogP contribution in [0.3, 0.4) is 0 Å². The fraction of sp³-hybridized carbons (Fsp3) is 0.133. The van der Waals surface area contributed by atoms with Gasteiger partial charge in [0.05, 0.1) is 4.88 Å². The van der Waals surface area contributed by atoms with Crippen molar-refractivity contribution in [2.24, 2.45) is 14.1 Å². The van der Waals surface area contributed by atoms with Crippen LogP contribution >= 0.6 is 11.3 Å². The van der Waals surface area contributed by atoms with Crippen molar-refractivity contribution in [3.8, 4) is 10.4 Å². The van der Waals surface area contributed by atoms with Gasteiger partial charge in [-0.15, -0.1) is 0 Å². The number of fused-ring (bicyclic) bond motifs is 3. The molecule has 0 aliphatic rings. The molecule has 0 saturated carbocycles. The first kappa shape index (κ1) is 15.7. The summed E-state index contributed by atoms with van der Waals surface area (Å²) in [5.74, 6) is 0. The molecular formula is C15H12BrN4O2S-. The lowest BCUT2D eigenvalue weighted by Crippen LogP contribution is -3.00. The van der Waals surface area contributed by atoms with Crippen LogP contribution in [0.25, 0.3) is 26.6 Å². The molecule has 6 nitrogen and oxygen atoms in total. The second-order valence-electron chi connectivity index (χ2n) is 5.10. The maximum atomic E-state index is 12.2. The Morgan fingerprint density at radius 2 is 1.74 bits per heavy atom. The van der Waals surface area contributed by atoms with Gasteiger partial charge in [0.1, 0.15) is 0 Å². The summed E-state index contributed by atoms with van der Waals surface area (Å²) >= 11 is 1.49. The number of aromatic nitrogens is 4. The molecule has 0 aliphatic carbocycles. The van der Waals surface area contributed by atoms with E-state index in [1.165, 1.54) is 23.0 Å². The number of hydrogen-bond acceptors (Lipinski definition) is 4. The van der Waals surface area contributed by atoms with Crippen molar-refractivity contribution in [3.63, 3.8) is 0 Å². The van der Waals surface area contributed by atoms with E-state index in [1.807, 2.05) is 40.9 Å². The highest BCUT2D eigenvalue weighted by atomic mass is 79.9. The van der Waals surface area contributed by atoms with E-state index in [4.69, 9.17) is 0 Å². The minimum Gasteiger partial charge on any atom is -1.00 e. The van der Waals surface area contributed by atoms with E-state index >= 15 is 0 Å². The van der Waals surface area contributed by atoms with E-state index in [-0.39, 0.29) is 28.2 Å². The molecule has 118 valence electrons. The SMILES string of the molecule is Cn1c(=O)c2nc3sc(-c4ccccc4)cn3c2n(C)c1=O.[Br-]. The van der Waals surface area contributed by atoms with E-state index in [0.29, 0.717) is 16.1 Å². The first-order valence-electron chi connectivity index (χ1n) is 6.71. The summed E-state index contributed by atoms with van der Waals surface area (Å²) in [6, 6.07) is 9.95. The smallest absolute Gasteiger partial charge is 0.332 e. The highest BCUT2D eigenvalue weighted by molar-refractivity contribution is 7.20. The largest absolute Gasteiger partial charge is 1.00 e. The Balaban J connectivity index is 0.00000156. The molecule has 0 unspecified atom stereocenters. The molecule has 0 aliphatic heterocycles. The van der Waals surface area contributed by atoms with Crippen LogP contribution in [0.4, 0.5) is 0 Å². The van der Waals surface area contributed by atoms with Crippen molar-refractivity contribution in [2.45, 2.75) is 0 Å². The van der Waals surface area contributed by atoms with Crippen LogP contribution < -0.4 is 28.2 Å². The van der Waals surface area contributed by atoms with Gasteiger partial charge in [-0.05, 0) is 5.56 Å². The molecule has 3 heterocycles. The minimum absolute atomic E-state index is 0. The molecular weight excluding hydrogens is 380 g/mol. The highest BCUT2D eigenvalue weighted by Crippen LogP contribution is 2.29. The van der Waals surface area contributed by atoms with E-state index < -0.39 is 0 Å². The molecule has 0 bridgehead atoms. The summed E-state index contributed by atoms with van der Waals surface area (Å²) in [7, 11) is 3.12. The molecule has 0 N–H and O–H groups in total. The monoisotopic (exact) mass is 391 g/mol. The average Bonchev–Trinajstić information content (AvgIpc) is 3.09. The fourth-order valence-electron chi connectivity index (χ4n) is 2.60. The lowest BCUT2D eigenvalue weighted by molar-refractivity contribution is -0.00000455. The number of rotatable bonds is 1. The third kappa shape index (κ3) is 2.17. The van der Waals surface area contributed by atoms with E-state index in [9.17, 15) is 9.59 Å². The van der Waals surface area contributed by atoms with E-state index in [1.54, 1.807) is 7.05 Å². The van der Waals surface area contributed by atoms with Crippen molar-refractivity contribution in [3.05, 3.63) is 57.4 Å². The van der Waals surface area contributed by atoms with Crippen molar-refractivity contribution in [1.29, 1.82) is 0 Å². The van der Waals surface area contributed by atoms with Gasteiger partial charge >= 0.3 is 5.69 Å². The standard InChI is InChI=1S/C15H12N4O2S.BrH/c1-17-12-11(13(20)18(2)15(17)21)16-14-19(12)8-10(22-14)9-6-4-3-5-7-9;/h3-8H,1-2H3;1H/p-1. The zero-order valence-corrected chi connectivity index (χ0v) is 14.8. The summed E-state index contributed by atoms with van der Waals surface area (Å²) < 4.78 is 4.35. The van der Waals surface area contributed by atoms with Crippen LogP contribution in [0.5, 0.6) is 0 Å². The van der Waals surface area contributed by atoms with Crippen LogP contribution in [-0.4, -0.2) is 18.5 Å². The van der Waals surface area contributed by atoms with Gasteiger partial charge in [-0.2, -0.15) is 0 Å². The van der Waals surface area contributed by atoms with Crippen molar-refractivity contribution >= 4 is 27.5 Å². The minimum atomic E-state index is -0.365. The normalized spacial score (nSPS) is 11.0. The fourth-order valence-corrected chi connectivity index (χ4v) is 3.58. The number of thiazole rings is 1. The van der Waals surface area contributed by atoms with Crippen LogP contribution in [-0.2, 0) is 14.1 Å². The van der Waals surface area contributed by atoms with E-state index in [2.05, 4.69) is 4.98 Å². The van der Waals surface area contributed by atoms with Crippen LogP contribution in [0.2, 0.25) is 0 Å². The lowest BCUT2D eigenvalue weighted by atomic mass is 10.2. The van der Waals surface area contributed by atoms with Crippen molar-refractivity contribution in [1.82, 2.24) is 18.5 Å². The maximum Gasteiger partial charge on any atom is 0.332 e. The first-order chi connectivity index (χ1) is 10.6. The zero-order chi connectivity index (χ0) is 15.4. The molecule has 3 aromatic heterocycles. The molecule has 0 amide bonds. The predicted molar refractivity (Wildman–Crippen MR) is 86.5 cm³/mol. The molecule has 8 heteroatoms. The maximum absolute atomic E-state index is 12.2. The van der Waals surface area contributed by atoms with Gasteiger partial charge in [-0.1, -0.05) is 41.7 Å². The molecule has 4 rings (SSSR count). The van der Waals surface area contributed by atoms with Crippen LogP contribution in [0.15, 0.2) is 46.1 Å². The third-order valence-electron chi connectivity index (χ3n) is 3.76. The number of nitrogens with zero attached hydrogens (tertiary/aromatic N) is 4. The number of hydrogen-bond donors (Lipinski definition) is 0. The third-order valence-corrected chi connectivity index (χ3v) is 4.79. The summed E-state index contributed by atoms with van der Waals surface area (Å²) in [5, 5.41) is 0. The van der Waals surface area contributed by atoms with Gasteiger partial charge in [0.25, 0.3) is 5.56 Å². The van der Waals surface area contributed by atoms with Gasteiger partial charge in [-0.25, -0.2) is 9.78 Å². The Labute approximate surface area is 145 Å². The summed E-state index contributed by atoms with van der Waals surface area (Å²) in [4.78, 5) is 30.5. The van der Waals surface area contributed by atoms with Gasteiger partial charge in [-0.3, -0.25) is 18.3 Å². The van der Waals surface area contributed by atoms with E-state index in [0.717, 1.165) is 15.0 Å². The quantitative estimate of drug-likeness (QED) is 0.401. The number of aryl methyl sites for hydroxylation is 1. The second kappa shape index (κ2) is 5.47. The molecule has 0 atom stereocenters. The summed E-state index contributed by atoms with van der Waals surface area (Å²) in [6.07, 6.45) is 1.92. The lowest BCUT2D eigenvalue weighted by Gasteiger charge is -2.03. The Hall–Kier alpha value is -2.19. The molecule has 4 aromatic rings. The van der Waals surface area contributed by atoms with Gasteiger partial charge in [0.15, 0.2) is 16.1 Å². The van der Waals surface area contributed by atoms with Crippen molar-refractivity contribution < 1.29 is 17.0 Å². The Morgan fingerprint density at radius 3 is 2.43 bits per heavy atom. The Morgan fingerprint density at radius 1 is 1.04 bits per heavy atom. The number of benzene rings is 1. The Bertz CT molecular complexity index is 1140. The topological polar surface area (TPSA) is 61.3 Å². The zero-order valence-electron chi connectivity index (χ0n) is 12.4. The molecule has 0 spiro atoms. The number of imidazole rings is 1.